The first kappa shape index (κ1) is 18.2. The number of nitrogens with zero attached hydrogens (tertiary/aromatic N) is 1. The smallest absolute Gasteiger partial charge is 0.268 e. The molecule has 1 atom stereocenters. The van der Waals surface area contributed by atoms with Gasteiger partial charge in [-0.1, -0.05) is 61.5 Å². The maximum atomic E-state index is 13.2. The fourth-order valence-electron chi connectivity index (χ4n) is 3.38. The number of carbonyl (C=O) groups is 1. The van der Waals surface area contributed by atoms with Crippen molar-refractivity contribution in [2.75, 3.05) is 0 Å². The lowest BCUT2D eigenvalue weighted by atomic mass is 9.98. The van der Waals surface area contributed by atoms with Crippen molar-refractivity contribution < 1.29 is 13.2 Å². The molecule has 4 nitrogen and oxygen atoms in total. The molecule has 4 aromatic rings. The molecule has 0 aliphatic rings. The summed E-state index contributed by atoms with van der Waals surface area (Å²) >= 11 is 0. The lowest BCUT2D eigenvalue weighted by molar-refractivity contribution is -0.108. The quantitative estimate of drug-likeness (QED) is 0.459. The maximum absolute atomic E-state index is 13.2. The number of hydrogen-bond donors (Lipinski definition) is 0. The van der Waals surface area contributed by atoms with Crippen molar-refractivity contribution in [3.8, 4) is 11.1 Å². The fourth-order valence-corrected chi connectivity index (χ4v) is 4.77. The molecule has 1 aromatic heterocycles. The third kappa shape index (κ3) is 3.04. The molecule has 0 radical (unpaired) electrons. The molecule has 0 N–H and O–H groups in total. The van der Waals surface area contributed by atoms with Gasteiger partial charge in [-0.05, 0) is 41.0 Å². The van der Waals surface area contributed by atoms with Gasteiger partial charge >= 0.3 is 0 Å². The third-order valence-corrected chi connectivity index (χ3v) is 6.59. The first-order valence-corrected chi connectivity index (χ1v) is 10.4. The van der Waals surface area contributed by atoms with Crippen LogP contribution in [-0.2, 0) is 14.8 Å². The summed E-state index contributed by atoms with van der Waals surface area (Å²) in [6.07, 6.45) is 2.41. The second-order valence-electron chi connectivity index (χ2n) is 6.72. The summed E-state index contributed by atoms with van der Waals surface area (Å²) in [5.74, 6) is -0.416. The van der Waals surface area contributed by atoms with E-state index in [9.17, 15) is 13.2 Å². The minimum absolute atomic E-state index is 0.212. The SMILES string of the molecule is CC(C=O)c1cn(S(=O)(=O)c2ccccc2)c2ccc(-c3ccccc3)cc12. The van der Waals surface area contributed by atoms with Crippen molar-refractivity contribution in [3.63, 3.8) is 0 Å². The van der Waals surface area contributed by atoms with Crippen LogP contribution in [0.25, 0.3) is 22.0 Å². The Balaban J connectivity index is 1.98. The van der Waals surface area contributed by atoms with Crippen molar-refractivity contribution in [2.24, 2.45) is 0 Å². The predicted octanol–water partition coefficient (Wildman–Crippen LogP) is 4.85. The van der Waals surface area contributed by atoms with Crippen molar-refractivity contribution in [3.05, 3.63) is 90.6 Å². The van der Waals surface area contributed by atoms with Crippen molar-refractivity contribution in [1.29, 1.82) is 0 Å². The summed E-state index contributed by atoms with van der Waals surface area (Å²) in [6.45, 7) is 1.77. The highest BCUT2D eigenvalue weighted by molar-refractivity contribution is 7.90. The van der Waals surface area contributed by atoms with Gasteiger partial charge in [0.25, 0.3) is 10.0 Å². The van der Waals surface area contributed by atoms with Crippen LogP contribution in [0.1, 0.15) is 18.4 Å². The molecule has 0 saturated carbocycles. The zero-order chi connectivity index (χ0) is 19.7. The van der Waals surface area contributed by atoms with E-state index in [1.807, 2.05) is 42.5 Å². The molecule has 1 heterocycles. The molecule has 1 unspecified atom stereocenters. The van der Waals surface area contributed by atoms with Gasteiger partial charge in [-0.15, -0.1) is 0 Å². The number of carbonyl (C=O) groups excluding carboxylic acids is 1. The highest BCUT2D eigenvalue weighted by atomic mass is 32.2. The number of fused-ring (bicyclic) bond motifs is 1. The van der Waals surface area contributed by atoms with Crippen LogP contribution in [0, 0.1) is 0 Å². The van der Waals surface area contributed by atoms with E-state index in [2.05, 4.69) is 0 Å². The van der Waals surface area contributed by atoms with E-state index in [0.717, 1.165) is 22.8 Å². The molecule has 0 spiro atoms. The summed E-state index contributed by atoms with van der Waals surface area (Å²) in [5, 5.41) is 0.764. The normalized spacial score (nSPS) is 12.8. The van der Waals surface area contributed by atoms with E-state index in [-0.39, 0.29) is 4.90 Å². The van der Waals surface area contributed by atoms with Crippen LogP contribution in [-0.4, -0.2) is 18.7 Å². The molecule has 0 aliphatic heterocycles. The third-order valence-electron chi connectivity index (χ3n) is 4.90. The summed E-state index contributed by atoms with van der Waals surface area (Å²) in [6, 6.07) is 23.8. The molecular weight excluding hydrogens is 370 g/mol. The molecule has 0 bridgehead atoms. The minimum Gasteiger partial charge on any atom is -0.303 e. The van der Waals surface area contributed by atoms with Gasteiger partial charge < -0.3 is 4.79 Å². The van der Waals surface area contributed by atoms with Gasteiger partial charge in [-0.2, -0.15) is 0 Å². The number of aldehydes is 1. The van der Waals surface area contributed by atoms with Gasteiger partial charge in [0.1, 0.15) is 6.29 Å². The summed E-state index contributed by atoms with van der Waals surface area (Å²) < 4.78 is 27.7. The predicted molar refractivity (Wildman–Crippen MR) is 111 cm³/mol. The topological polar surface area (TPSA) is 56.1 Å². The largest absolute Gasteiger partial charge is 0.303 e. The first-order chi connectivity index (χ1) is 13.5. The average Bonchev–Trinajstić information content (AvgIpc) is 3.14. The lowest BCUT2D eigenvalue weighted by Crippen LogP contribution is -2.11. The van der Waals surface area contributed by atoms with Gasteiger partial charge in [-0.25, -0.2) is 12.4 Å². The Kier molecular flexibility index (Phi) is 4.61. The fraction of sp³-hybridized carbons (Fsp3) is 0.0870. The standard InChI is InChI=1S/C23H19NO3S/c1-17(16-25)22-15-24(28(26,27)20-10-6-3-7-11-20)23-13-12-19(14-21(22)23)18-8-4-2-5-9-18/h2-17H,1H3. The Morgan fingerprint density at radius 2 is 1.50 bits per heavy atom. The summed E-state index contributed by atoms with van der Waals surface area (Å²) in [4.78, 5) is 11.7. The molecule has 0 saturated heterocycles. The van der Waals surface area contributed by atoms with Crippen LogP contribution in [0.4, 0.5) is 0 Å². The molecular formula is C23H19NO3S. The Bertz CT molecular complexity index is 1240. The summed E-state index contributed by atoms with van der Waals surface area (Å²) in [5.41, 5.74) is 3.27. The van der Waals surface area contributed by atoms with Crippen LogP contribution >= 0.6 is 0 Å². The van der Waals surface area contributed by atoms with Crippen LogP contribution in [0.2, 0.25) is 0 Å². The molecule has 3 aromatic carbocycles. The van der Waals surface area contributed by atoms with Crippen molar-refractivity contribution in [1.82, 2.24) is 3.97 Å². The van der Waals surface area contributed by atoms with Crippen LogP contribution in [0.3, 0.4) is 0 Å². The highest BCUT2D eigenvalue weighted by Gasteiger charge is 2.23. The molecule has 0 aliphatic carbocycles. The Labute approximate surface area is 164 Å². The Hall–Kier alpha value is -3.18. The van der Waals surface area contributed by atoms with E-state index >= 15 is 0 Å². The molecule has 140 valence electrons. The molecule has 0 fully saturated rings. The zero-order valence-electron chi connectivity index (χ0n) is 15.3. The number of benzene rings is 3. The van der Waals surface area contributed by atoms with E-state index in [0.29, 0.717) is 11.1 Å². The van der Waals surface area contributed by atoms with Crippen LogP contribution in [0.5, 0.6) is 0 Å². The van der Waals surface area contributed by atoms with Gasteiger partial charge in [0.2, 0.25) is 0 Å². The molecule has 4 rings (SSSR count). The Morgan fingerprint density at radius 1 is 0.857 bits per heavy atom. The number of aromatic nitrogens is 1. The maximum Gasteiger partial charge on any atom is 0.268 e. The zero-order valence-corrected chi connectivity index (χ0v) is 16.1. The van der Waals surface area contributed by atoms with E-state index in [1.165, 1.54) is 3.97 Å². The number of hydrogen-bond acceptors (Lipinski definition) is 3. The van der Waals surface area contributed by atoms with Gasteiger partial charge in [0, 0.05) is 17.5 Å². The van der Waals surface area contributed by atoms with Gasteiger partial charge in [0.15, 0.2) is 0 Å². The van der Waals surface area contributed by atoms with E-state index in [4.69, 9.17) is 0 Å². The minimum atomic E-state index is -3.76. The summed E-state index contributed by atoms with van der Waals surface area (Å²) in [7, 11) is -3.76. The Morgan fingerprint density at radius 3 is 2.14 bits per heavy atom. The van der Waals surface area contributed by atoms with E-state index in [1.54, 1.807) is 49.5 Å². The van der Waals surface area contributed by atoms with Crippen LogP contribution in [0.15, 0.2) is 90.0 Å². The number of rotatable bonds is 5. The van der Waals surface area contributed by atoms with Gasteiger partial charge in [0.05, 0.1) is 10.4 Å². The second kappa shape index (κ2) is 7.09. The van der Waals surface area contributed by atoms with Gasteiger partial charge in [-0.3, -0.25) is 0 Å². The van der Waals surface area contributed by atoms with E-state index < -0.39 is 15.9 Å². The van der Waals surface area contributed by atoms with Crippen molar-refractivity contribution in [2.45, 2.75) is 17.7 Å². The first-order valence-electron chi connectivity index (χ1n) is 8.98. The molecule has 28 heavy (non-hydrogen) atoms. The second-order valence-corrected chi connectivity index (χ2v) is 8.54. The molecule has 5 heteroatoms. The van der Waals surface area contributed by atoms with Crippen LogP contribution < -0.4 is 0 Å². The highest BCUT2D eigenvalue weighted by Crippen LogP contribution is 2.33. The molecule has 0 amide bonds. The monoisotopic (exact) mass is 389 g/mol. The lowest BCUT2D eigenvalue weighted by Gasteiger charge is -2.08. The average molecular weight is 389 g/mol. The van der Waals surface area contributed by atoms with Crippen molar-refractivity contribution >= 4 is 27.2 Å².